The first-order valence-electron chi connectivity index (χ1n) is 6.39. The van der Waals surface area contributed by atoms with Crippen LogP contribution in [-0.4, -0.2) is 31.2 Å². The molecule has 0 aromatic carbocycles. The Morgan fingerprint density at radius 1 is 1.38 bits per heavy atom. The molecule has 0 saturated heterocycles. The molecule has 1 aliphatic carbocycles. The van der Waals surface area contributed by atoms with Crippen LogP contribution in [0, 0.1) is 5.92 Å². The molecule has 3 nitrogen and oxygen atoms in total. The van der Waals surface area contributed by atoms with Gasteiger partial charge in [-0.3, -0.25) is 4.79 Å². The van der Waals surface area contributed by atoms with Crippen LogP contribution in [0.3, 0.4) is 0 Å². The van der Waals surface area contributed by atoms with Crippen molar-refractivity contribution in [3.8, 4) is 0 Å². The van der Waals surface area contributed by atoms with E-state index in [4.69, 9.17) is 9.47 Å². The van der Waals surface area contributed by atoms with Crippen LogP contribution in [0.5, 0.6) is 0 Å². The average molecular weight is 228 g/mol. The Morgan fingerprint density at radius 3 is 2.69 bits per heavy atom. The van der Waals surface area contributed by atoms with E-state index in [0.29, 0.717) is 19.1 Å². The van der Waals surface area contributed by atoms with E-state index >= 15 is 0 Å². The highest BCUT2D eigenvalue weighted by atomic mass is 16.5. The van der Waals surface area contributed by atoms with Crippen molar-refractivity contribution in [2.24, 2.45) is 5.92 Å². The third-order valence-corrected chi connectivity index (χ3v) is 3.32. The maximum atomic E-state index is 12.2. The topological polar surface area (TPSA) is 35.5 Å². The molecule has 1 saturated carbocycles. The lowest BCUT2D eigenvalue weighted by Gasteiger charge is -2.38. The summed E-state index contributed by atoms with van der Waals surface area (Å²) in [6.07, 6.45) is 4.00. The Bertz CT molecular complexity index is 223. The van der Waals surface area contributed by atoms with Crippen molar-refractivity contribution < 1.29 is 14.3 Å². The minimum absolute atomic E-state index is 0.128. The van der Waals surface area contributed by atoms with E-state index in [0.717, 1.165) is 19.3 Å². The second-order valence-electron chi connectivity index (χ2n) is 4.69. The van der Waals surface area contributed by atoms with Crippen LogP contribution in [-0.2, 0) is 14.3 Å². The second kappa shape index (κ2) is 6.36. The van der Waals surface area contributed by atoms with Gasteiger partial charge in [-0.15, -0.1) is 0 Å². The predicted molar refractivity (Wildman–Crippen MR) is 63.5 cm³/mol. The molecule has 16 heavy (non-hydrogen) atoms. The van der Waals surface area contributed by atoms with Gasteiger partial charge in [0.2, 0.25) is 0 Å². The zero-order valence-corrected chi connectivity index (χ0v) is 10.8. The van der Waals surface area contributed by atoms with Gasteiger partial charge in [-0.25, -0.2) is 0 Å². The minimum Gasteiger partial charge on any atom is -0.374 e. The summed E-state index contributed by atoms with van der Waals surface area (Å²) in [5, 5.41) is 0. The molecule has 94 valence electrons. The lowest BCUT2D eigenvalue weighted by molar-refractivity contribution is -0.155. The molecule has 0 heterocycles. The number of Topliss-reactive ketones (excluding diaryl/α,β-unsaturated/α-hetero) is 1. The molecular formula is C13H24O3. The fourth-order valence-electron chi connectivity index (χ4n) is 2.57. The van der Waals surface area contributed by atoms with Crippen molar-refractivity contribution in [3.63, 3.8) is 0 Å². The van der Waals surface area contributed by atoms with E-state index in [1.54, 1.807) is 0 Å². The molecule has 0 radical (unpaired) electrons. The van der Waals surface area contributed by atoms with E-state index in [2.05, 4.69) is 6.92 Å². The Labute approximate surface area is 98.5 Å². The highest BCUT2D eigenvalue weighted by Crippen LogP contribution is 2.36. The van der Waals surface area contributed by atoms with Crippen LogP contribution in [0.4, 0.5) is 0 Å². The molecule has 0 aromatic heterocycles. The van der Waals surface area contributed by atoms with Crippen LogP contribution in [0.1, 0.15) is 46.5 Å². The number of ether oxygens (including phenoxy) is 2. The lowest BCUT2D eigenvalue weighted by Crippen LogP contribution is -2.47. The van der Waals surface area contributed by atoms with E-state index in [1.165, 1.54) is 6.42 Å². The third-order valence-electron chi connectivity index (χ3n) is 3.32. The molecule has 2 atom stereocenters. The first kappa shape index (κ1) is 13.7. The van der Waals surface area contributed by atoms with E-state index < -0.39 is 5.60 Å². The number of rotatable bonds is 6. The Hall–Kier alpha value is -0.410. The van der Waals surface area contributed by atoms with Crippen molar-refractivity contribution in [2.75, 3.05) is 19.8 Å². The number of hydrogen-bond acceptors (Lipinski definition) is 3. The fourth-order valence-corrected chi connectivity index (χ4v) is 2.57. The molecule has 0 N–H and O–H groups in total. The minimum atomic E-state index is -0.554. The number of carbonyl (C=O) groups is 1. The summed E-state index contributed by atoms with van der Waals surface area (Å²) in [6, 6.07) is 0. The van der Waals surface area contributed by atoms with Gasteiger partial charge in [-0.2, -0.15) is 0 Å². The quantitative estimate of drug-likeness (QED) is 0.701. The summed E-state index contributed by atoms with van der Waals surface area (Å²) in [5.74, 6) is 0.702. The van der Waals surface area contributed by atoms with Crippen LogP contribution in [0.25, 0.3) is 0 Å². The Morgan fingerprint density at radius 2 is 2.12 bits per heavy atom. The number of ketones is 1. The van der Waals surface area contributed by atoms with Crippen LogP contribution in [0.2, 0.25) is 0 Å². The largest absolute Gasteiger partial charge is 0.374 e. The first-order valence-corrected chi connectivity index (χ1v) is 6.39. The molecule has 1 rings (SSSR count). The maximum absolute atomic E-state index is 12.2. The molecule has 0 bridgehead atoms. The summed E-state index contributed by atoms with van der Waals surface area (Å²) >= 11 is 0. The van der Waals surface area contributed by atoms with E-state index in [9.17, 15) is 4.79 Å². The van der Waals surface area contributed by atoms with Crippen molar-refractivity contribution >= 4 is 5.78 Å². The van der Waals surface area contributed by atoms with Crippen LogP contribution >= 0.6 is 0 Å². The summed E-state index contributed by atoms with van der Waals surface area (Å²) in [7, 11) is 0. The van der Waals surface area contributed by atoms with Crippen LogP contribution in [0.15, 0.2) is 0 Å². The van der Waals surface area contributed by atoms with Gasteiger partial charge in [0.15, 0.2) is 5.78 Å². The molecule has 3 heteroatoms. The summed E-state index contributed by atoms with van der Waals surface area (Å²) in [4.78, 5) is 12.2. The summed E-state index contributed by atoms with van der Waals surface area (Å²) in [6.45, 7) is 7.44. The maximum Gasteiger partial charge on any atom is 0.190 e. The monoisotopic (exact) mass is 228 g/mol. The zero-order chi connectivity index (χ0) is 12.0. The summed E-state index contributed by atoms with van der Waals surface area (Å²) in [5.41, 5.74) is -0.554. The molecule has 0 amide bonds. The Balaban J connectivity index is 2.66. The van der Waals surface area contributed by atoms with Gasteiger partial charge in [0, 0.05) is 13.2 Å². The van der Waals surface area contributed by atoms with Crippen LogP contribution < -0.4 is 0 Å². The van der Waals surface area contributed by atoms with Gasteiger partial charge >= 0.3 is 0 Å². The van der Waals surface area contributed by atoms with Gasteiger partial charge in [-0.05, 0) is 39.0 Å². The molecule has 1 fully saturated rings. The standard InChI is InChI=1S/C13H24O3/c1-4-15-10-12(14)13(16-5-2)8-6-7-11(3)9-13/h11H,4-10H2,1-3H3. The normalized spacial score (nSPS) is 30.3. The van der Waals surface area contributed by atoms with Crippen molar-refractivity contribution in [1.29, 1.82) is 0 Å². The predicted octanol–water partition coefficient (Wildman–Crippen LogP) is 2.58. The van der Waals surface area contributed by atoms with Gasteiger partial charge in [0.1, 0.15) is 12.2 Å². The molecule has 2 unspecified atom stereocenters. The van der Waals surface area contributed by atoms with Gasteiger partial charge in [0.25, 0.3) is 0 Å². The van der Waals surface area contributed by atoms with E-state index in [1.807, 2.05) is 13.8 Å². The number of carbonyl (C=O) groups excluding carboxylic acids is 1. The third kappa shape index (κ3) is 3.29. The van der Waals surface area contributed by atoms with Crippen molar-refractivity contribution in [1.82, 2.24) is 0 Å². The second-order valence-corrected chi connectivity index (χ2v) is 4.69. The van der Waals surface area contributed by atoms with Gasteiger partial charge in [0.05, 0.1) is 0 Å². The van der Waals surface area contributed by atoms with Gasteiger partial charge in [-0.1, -0.05) is 13.3 Å². The molecule has 0 spiro atoms. The van der Waals surface area contributed by atoms with Crippen molar-refractivity contribution in [2.45, 2.75) is 52.1 Å². The highest BCUT2D eigenvalue weighted by Gasteiger charge is 2.41. The molecule has 1 aliphatic rings. The highest BCUT2D eigenvalue weighted by molar-refractivity contribution is 5.88. The fraction of sp³-hybridized carbons (Fsp3) is 0.923. The van der Waals surface area contributed by atoms with Crippen molar-refractivity contribution in [3.05, 3.63) is 0 Å². The summed E-state index contributed by atoms with van der Waals surface area (Å²) < 4.78 is 11.0. The zero-order valence-electron chi connectivity index (χ0n) is 10.8. The molecular weight excluding hydrogens is 204 g/mol. The smallest absolute Gasteiger partial charge is 0.190 e. The van der Waals surface area contributed by atoms with E-state index in [-0.39, 0.29) is 12.4 Å². The number of hydrogen-bond donors (Lipinski definition) is 0. The molecule has 0 aliphatic heterocycles. The van der Waals surface area contributed by atoms with Gasteiger partial charge < -0.3 is 9.47 Å². The Kier molecular flexibility index (Phi) is 5.42. The lowest BCUT2D eigenvalue weighted by atomic mass is 9.76. The SMILES string of the molecule is CCOCC(=O)C1(OCC)CCCC(C)C1. The first-order chi connectivity index (χ1) is 7.64. The molecule has 0 aromatic rings. The average Bonchev–Trinajstić information content (AvgIpc) is 2.26.